The summed E-state index contributed by atoms with van der Waals surface area (Å²) in [6.45, 7) is 1.88. The molecule has 2 aliphatic rings. The number of aliphatic imine (C=N–C) groups is 1. The van der Waals surface area contributed by atoms with Crippen LogP contribution in [0.4, 0.5) is 0 Å². The van der Waals surface area contributed by atoms with Crippen LogP contribution in [0.2, 0.25) is 0 Å². The van der Waals surface area contributed by atoms with Gasteiger partial charge in [-0.25, -0.2) is 13.6 Å². The van der Waals surface area contributed by atoms with E-state index in [1.807, 2.05) is 0 Å². The number of primary sulfonamides is 1. The van der Waals surface area contributed by atoms with Gasteiger partial charge >= 0.3 is 0 Å². The molecule has 0 fully saturated rings. The highest BCUT2D eigenvalue weighted by Crippen LogP contribution is 2.21. The maximum absolute atomic E-state index is 12.5. The summed E-state index contributed by atoms with van der Waals surface area (Å²) in [7, 11) is -3.77. The summed E-state index contributed by atoms with van der Waals surface area (Å²) in [5.41, 5.74) is 1.42. The molecule has 0 bridgehead atoms. The minimum Gasteiger partial charge on any atom is -0.355 e. The van der Waals surface area contributed by atoms with Gasteiger partial charge in [-0.2, -0.15) is 4.99 Å². The highest BCUT2D eigenvalue weighted by molar-refractivity contribution is 7.89. The summed E-state index contributed by atoms with van der Waals surface area (Å²) >= 11 is 0. The van der Waals surface area contributed by atoms with Crippen LogP contribution in [-0.4, -0.2) is 43.4 Å². The number of fused-ring (bicyclic) bond motifs is 1. The Hall–Kier alpha value is -3.11. The van der Waals surface area contributed by atoms with Crippen molar-refractivity contribution in [2.24, 2.45) is 16.0 Å². The first kappa shape index (κ1) is 19.6. The maximum atomic E-state index is 12.5. The van der Waals surface area contributed by atoms with E-state index in [1.165, 1.54) is 23.2 Å². The lowest BCUT2D eigenvalue weighted by molar-refractivity contribution is -0.144. The lowest BCUT2D eigenvalue weighted by atomic mass is 10.0. The molecule has 1 unspecified atom stereocenters. The number of amidine groups is 1. The minimum absolute atomic E-state index is 0.00807. The number of nitrogens with two attached hydrogens (primary N) is 1. The summed E-state index contributed by atoms with van der Waals surface area (Å²) in [4.78, 5) is 42.2. The first-order chi connectivity index (χ1) is 13.2. The van der Waals surface area contributed by atoms with Gasteiger partial charge in [0.1, 0.15) is 5.84 Å². The number of hydrogen-bond donors (Lipinski definition) is 2. The zero-order chi connectivity index (χ0) is 20.5. The van der Waals surface area contributed by atoms with Crippen LogP contribution < -0.4 is 10.5 Å². The van der Waals surface area contributed by atoms with Crippen LogP contribution in [0, 0.1) is 5.92 Å². The number of allylic oxidation sites excluding steroid dienone is 2. The summed E-state index contributed by atoms with van der Waals surface area (Å²) in [6, 6.07) is 5.89. The van der Waals surface area contributed by atoms with E-state index in [9.17, 15) is 22.8 Å². The number of nitrogens with one attached hydrogen (secondary N) is 1. The van der Waals surface area contributed by atoms with E-state index in [-0.39, 0.29) is 17.3 Å². The summed E-state index contributed by atoms with van der Waals surface area (Å²) < 4.78 is 22.5. The average molecular weight is 402 g/mol. The van der Waals surface area contributed by atoms with Gasteiger partial charge in [-0.1, -0.05) is 18.2 Å². The molecule has 3 N–H and O–H groups in total. The molecule has 0 radical (unpaired) electrons. The predicted molar refractivity (Wildman–Crippen MR) is 100 cm³/mol. The van der Waals surface area contributed by atoms with Gasteiger partial charge in [0, 0.05) is 12.7 Å². The topological polar surface area (TPSA) is 139 Å². The molecule has 1 aromatic rings. The second kappa shape index (κ2) is 7.49. The summed E-state index contributed by atoms with van der Waals surface area (Å²) in [5, 5.41) is 7.59. The van der Waals surface area contributed by atoms with Crippen molar-refractivity contribution >= 4 is 33.6 Å². The number of carbonyl (C=O) groups excluding carboxylic acids is 3. The molecule has 3 amide bonds. The molecule has 10 heteroatoms. The molecule has 2 heterocycles. The lowest BCUT2D eigenvalue weighted by Crippen LogP contribution is -2.51. The van der Waals surface area contributed by atoms with Gasteiger partial charge in [-0.15, -0.1) is 0 Å². The van der Waals surface area contributed by atoms with Crippen molar-refractivity contribution in [2.45, 2.75) is 18.2 Å². The average Bonchev–Trinajstić information content (AvgIpc) is 2.62. The van der Waals surface area contributed by atoms with Crippen molar-refractivity contribution in [1.82, 2.24) is 10.2 Å². The van der Waals surface area contributed by atoms with E-state index in [1.54, 1.807) is 31.2 Å². The second-order valence-corrected chi connectivity index (χ2v) is 7.90. The molecule has 0 saturated carbocycles. The Morgan fingerprint density at radius 2 is 1.93 bits per heavy atom. The van der Waals surface area contributed by atoms with Crippen molar-refractivity contribution in [3.8, 4) is 0 Å². The van der Waals surface area contributed by atoms with E-state index in [4.69, 9.17) is 5.14 Å². The van der Waals surface area contributed by atoms with Crippen LogP contribution in [0.3, 0.4) is 0 Å². The number of carbonyl (C=O) groups is 3. The first-order valence-corrected chi connectivity index (χ1v) is 9.93. The Bertz CT molecular complexity index is 1040. The van der Waals surface area contributed by atoms with Crippen molar-refractivity contribution in [3.05, 3.63) is 53.8 Å². The van der Waals surface area contributed by atoms with Gasteiger partial charge < -0.3 is 5.32 Å². The highest BCUT2D eigenvalue weighted by atomic mass is 32.2. The lowest BCUT2D eigenvalue weighted by Gasteiger charge is -2.29. The Labute approximate surface area is 161 Å². The van der Waals surface area contributed by atoms with Crippen molar-refractivity contribution < 1.29 is 22.8 Å². The third-order valence-corrected chi connectivity index (χ3v) is 5.27. The predicted octanol–water partition coefficient (Wildman–Crippen LogP) is -0.150. The van der Waals surface area contributed by atoms with E-state index >= 15 is 0 Å². The van der Waals surface area contributed by atoms with Crippen LogP contribution in [0.5, 0.6) is 0 Å². The van der Waals surface area contributed by atoms with Crippen LogP contribution >= 0.6 is 0 Å². The number of hydrogen-bond acceptors (Lipinski definition) is 5. The highest BCUT2D eigenvalue weighted by Gasteiger charge is 2.42. The SMILES string of the molecule is CC1=CC=CN2C(=O)C(C(=O)NCCc3ccc(S(N)(=O)=O)cc3)C(=O)N=C12. The Balaban J connectivity index is 1.62. The molecule has 1 aromatic carbocycles. The van der Waals surface area contributed by atoms with E-state index < -0.39 is 33.7 Å². The van der Waals surface area contributed by atoms with E-state index in [0.29, 0.717) is 12.0 Å². The summed E-state index contributed by atoms with van der Waals surface area (Å²) in [6.07, 6.45) is 5.21. The maximum Gasteiger partial charge on any atom is 0.269 e. The first-order valence-electron chi connectivity index (χ1n) is 8.39. The molecule has 28 heavy (non-hydrogen) atoms. The number of benzene rings is 1. The van der Waals surface area contributed by atoms with Crippen molar-refractivity contribution in [2.75, 3.05) is 6.54 Å². The number of nitrogens with zero attached hydrogens (tertiary/aromatic N) is 2. The fourth-order valence-electron chi connectivity index (χ4n) is 2.84. The molecule has 0 aliphatic carbocycles. The van der Waals surface area contributed by atoms with Crippen molar-refractivity contribution in [1.29, 1.82) is 0 Å². The van der Waals surface area contributed by atoms with Gasteiger partial charge in [0.05, 0.1) is 4.90 Å². The normalized spacial score (nSPS) is 19.1. The molecule has 2 aliphatic heterocycles. The third-order valence-electron chi connectivity index (χ3n) is 4.34. The van der Waals surface area contributed by atoms with E-state index in [2.05, 4.69) is 10.3 Å². The largest absolute Gasteiger partial charge is 0.355 e. The number of sulfonamides is 1. The molecular formula is C18H18N4O5S. The van der Waals surface area contributed by atoms with Gasteiger partial charge in [0.25, 0.3) is 11.8 Å². The van der Waals surface area contributed by atoms with Crippen molar-refractivity contribution in [3.63, 3.8) is 0 Å². The zero-order valence-corrected chi connectivity index (χ0v) is 15.8. The Kier molecular flexibility index (Phi) is 5.25. The zero-order valence-electron chi connectivity index (χ0n) is 15.0. The molecular weight excluding hydrogens is 384 g/mol. The monoisotopic (exact) mass is 402 g/mol. The molecule has 9 nitrogen and oxygen atoms in total. The molecule has 0 saturated heterocycles. The molecule has 3 rings (SSSR count). The third kappa shape index (κ3) is 3.92. The fraction of sp³-hybridized carbons (Fsp3) is 0.222. The number of amides is 3. The molecule has 1 atom stereocenters. The molecule has 0 spiro atoms. The van der Waals surface area contributed by atoms with Crippen LogP contribution in [0.1, 0.15) is 12.5 Å². The number of rotatable bonds is 5. The summed E-state index contributed by atoms with van der Waals surface area (Å²) in [5.74, 6) is -3.46. The van der Waals surface area contributed by atoms with Gasteiger partial charge in [0.2, 0.25) is 15.9 Å². The van der Waals surface area contributed by atoms with Crippen LogP contribution in [0.25, 0.3) is 0 Å². The van der Waals surface area contributed by atoms with Crippen LogP contribution in [0.15, 0.2) is 58.1 Å². The molecule has 146 valence electrons. The minimum atomic E-state index is -3.77. The standard InChI is InChI=1S/C18H18N4O5S/c1-11-3-2-10-22-15(11)21-17(24)14(18(22)25)16(23)20-9-8-12-4-6-13(7-5-12)28(19,26)27/h2-7,10,14H,8-9H2,1H3,(H,20,23)(H2,19,26,27). The smallest absolute Gasteiger partial charge is 0.269 e. The van der Waals surface area contributed by atoms with Crippen LogP contribution in [-0.2, 0) is 30.8 Å². The van der Waals surface area contributed by atoms with E-state index in [0.717, 1.165) is 5.56 Å². The van der Waals surface area contributed by atoms with Gasteiger partial charge in [-0.05, 0) is 42.7 Å². The van der Waals surface area contributed by atoms with Gasteiger partial charge in [0.15, 0.2) is 5.92 Å². The molecule has 0 aromatic heterocycles. The fourth-order valence-corrected chi connectivity index (χ4v) is 3.36. The Morgan fingerprint density at radius 1 is 1.25 bits per heavy atom. The quantitative estimate of drug-likeness (QED) is 0.660. The Morgan fingerprint density at radius 3 is 2.57 bits per heavy atom. The second-order valence-electron chi connectivity index (χ2n) is 6.34. The van der Waals surface area contributed by atoms with Gasteiger partial charge in [-0.3, -0.25) is 19.3 Å².